The molecule has 3 aromatic carbocycles. The number of phosphoric acid groups is 1. The summed E-state index contributed by atoms with van der Waals surface area (Å²) in [7, 11) is -4.36. The third-order valence-electron chi connectivity index (χ3n) is 4.40. The maximum absolute atomic E-state index is 13.6. The van der Waals surface area contributed by atoms with E-state index in [2.05, 4.69) is 0 Å². The van der Waals surface area contributed by atoms with Crippen LogP contribution in [0.3, 0.4) is 0 Å². The molecule has 0 aliphatic carbocycles. The van der Waals surface area contributed by atoms with Crippen molar-refractivity contribution in [3.8, 4) is 34.5 Å². The van der Waals surface area contributed by atoms with Gasteiger partial charge in [0.1, 0.15) is 34.5 Å². The average molecular weight is 416 g/mol. The van der Waals surface area contributed by atoms with Gasteiger partial charge in [-0.3, -0.25) is 0 Å². The molecule has 3 rings (SSSR count). The van der Waals surface area contributed by atoms with Crippen LogP contribution < -0.4 is 13.6 Å². The molecular weight excluding hydrogens is 395 g/mol. The van der Waals surface area contributed by atoms with E-state index in [1.807, 2.05) is 0 Å². The number of phenols is 3. The maximum Gasteiger partial charge on any atom is 0.647 e. The Morgan fingerprint density at radius 3 is 1.14 bits per heavy atom. The molecule has 0 aliphatic rings. The number of hydrogen-bond acceptors (Lipinski definition) is 7. The van der Waals surface area contributed by atoms with E-state index in [9.17, 15) is 19.9 Å². The van der Waals surface area contributed by atoms with Gasteiger partial charge in [-0.1, -0.05) is 18.2 Å². The highest BCUT2D eigenvalue weighted by Gasteiger charge is 2.35. The van der Waals surface area contributed by atoms with Gasteiger partial charge in [-0.15, -0.1) is 0 Å². The molecule has 8 heteroatoms. The van der Waals surface area contributed by atoms with Gasteiger partial charge in [0.05, 0.1) is 0 Å². The lowest BCUT2D eigenvalue weighted by Gasteiger charge is -2.22. The van der Waals surface area contributed by atoms with Gasteiger partial charge in [0, 0.05) is 16.7 Å². The monoisotopic (exact) mass is 416 g/mol. The molecule has 0 bridgehead atoms. The smallest absolute Gasteiger partial charge is 0.508 e. The molecule has 29 heavy (non-hydrogen) atoms. The highest BCUT2D eigenvalue weighted by Crippen LogP contribution is 2.52. The summed E-state index contributed by atoms with van der Waals surface area (Å²) in [6.45, 7) is 4.77. The quantitative estimate of drug-likeness (QED) is 0.464. The van der Waals surface area contributed by atoms with Crippen LogP contribution in [-0.4, -0.2) is 15.3 Å². The summed E-state index contributed by atoms with van der Waals surface area (Å²) in [6, 6.07) is 13.5. The van der Waals surface area contributed by atoms with E-state index in [4.69, 9.17) is 13.6 Å². The number of phosphoric ester groups is 1. The first-order chi connectivity index (χ1) is 13.7. The van der Waals surface area contributed by atoms with Crippen LogP contribution in [-0.2, 0) is 4.57 Å². The van der Waals surface area contributed by atoms with Gasteiger partial charge in [-0.2, -0.15) is 4.57 Å². The Labute approximate surface area is 168 Å². The summed E-state index contributed by atoms with van der Waals surface area (Å²) in [5.41, 5.74) is 1.04. The first kappa shape index (κ1) is 20.4. The normalized spacial score (nSPS) is 11.1. The molecule has 0 radical (unpaired) electrons. The van der Waals surface area contributed by atoms with Gasteiger partial charge >= 0.3 is 7.82 Å². The molecule has 0 heterocycles. The average Bonchev–Trinajstić information content (AvgIpc) is 2.67. The van der Waals surface area contributed by atoms with Crippen LogP contribution >= 0.6 is 7.82 Å². The predicted molar refractivity (Wildman–Crippen MR) is 108 cm³/mol. The van der Waals surface area contributed by atoms with Crippen LogP contribution in [0, 0.1) is 20.8 Å². The Hall–Kier alpha value is -3.31. The minimum Gasteiger partial charge on any atom is -0.508 e. The predicted octanol–water partition coefficient (Wildman–Crippen LogP) is 5.37. The fourth-order valence-electron chi connectivity index (χ4n) is 2.52. The molecule has 3 aromatic rings. The Balaban J connectivity index is 2.04. The Morgan fingerprint density at radius 1 is 0.586 bits per heavy atom. The topological polar surface area (TPSA) is 105 Å². The minimum atomic E-state index is -4.36. The summed E-state index contributed by atoms with van der Waals surface area (Å²) < 4.78 is 30.4. The van der Waals surface area contributed by atoms with E-state index in [0.29, 0.717) is 16.7 Å². The Kier molecular flexibility index (Phi) is 5.62. The Morgan fingerprint density at radius 2 is 0.862 bits per heavy atom. The molecule has 0 atom stereocenters. The van der Waals surface area contributed by atoms with Crippen molar-refractivity contribution < 1.29 is 33.5 Å². The molecule has 0 saturated heterocycles. The zero-order valence-corrected chi connectivity index (χ0v) is 17.0. The van der Waals surface area contributed by atoms with E-state index in [1.54, 1.807) is 20.8 Å². The number of rotatable bonds is 6. The maximum atomic E-state index is 13.6. The van der Waals surface area contributed by atoms with Crippen LogP contribution in [0.5, 0.6) is 34.5 Å². The lowest BCUT2D eigenvalue weighted by atomic mass is 10.2. The highest BCUT2D eigenvalue weighted by atomic mass is 31.2. The summed E-state index contributed by atoms with van der Waals surface area (Å²) >= 11 is 0. The van der Waals surface area contributed by atoms with E-state index >= 15 is 0 Å². The molecule has 0 saturated carbocycles. The second kappa shape index (κ2) is 7.97. The van der Waals surface area contributed by atoms with Gasteiger partial charge in [-0.25, -0.2) is 0 Å². The van der Waals surface area contributed by atoms with Gasteiger partial charge in [-0.05, 0) is 57.2 Å². The van der Waals surface area contributed by atoms with Gasteiger partial charge < -0.3 is 28.9 Å². The van der Waals surface area contributed by atoms with E-state index in [-0.39, 0.29) is 34.5 Å². The molecule has 0 fully saturated rings. The van der Waals surface area contributed by atoms with E-state index in [0.717, 1.165) is 0 Å². The SMILES string of the molecule is Cc1c(O)cccc1OP(=O)(Oc1cccc(O)c1C)Oc1cccc(O)c1C. The highest BCUT2D eigenvalue weighted by molar-refractivity contribution is 7.49. The van der Waals surface area contributed by atoms with Crippen LogP contribution in [0.1, 0.15) is 16.7 Å². The lowest BCUT2D eigenvalue weighted by molar-refractivity contribution is 0.294. The first-order valence-corrected chi connectivity index (χ1v) is 10.2. The second-order valence-corrected chi connectivity index (χ2v) is 7.86. The van der Waals surface area contributed by atoms with Crippen molar-refractivity contribution in [2.45, 2.75) is 20.8 Å². The summed E-state index contributed by atoms with van der Waals surface area (Å²) in [6.07, 6.45) is 0. The van der Waals surface area contributed by atoms with Crippen molar-refractivity contribution >= 4 is 7.82 Å². The minimum absolute atomic E-state index is 0.0453. The molecule has 0 amide bonds. The summed E-state index contributed by atoms with van der Waals surface area (Å²) in [5, 5.41) is 29.8. The van der Waals surface area contributed by atoms with Gasteiger partial charge in [0.2, 0.25) is 0 Å². The van der Waals surface area contributed by atoms with Crippen molar-refractivity contribution in [1.82, 2.24) is 0 Å². The molecule has 0 aliphatic heterocycles. The van der Waals surface area contributed by atoms with Crippen molar-refractivity contribution in [2.75, 3.05) is 0 Å². The van der Waals surface area contributed by atoms with Crippen molar-refractivity contribution in [2.24, 2.45) is 0 Å². The fraction of sp³-hybridized carbons (Fsp3) is 0.143. The summed E-state index contributed by atoms with van der Waals surface area (Å²) in [5.74, 6) is 0.167. The number of aromatic hydroxyl groups is 3. The molecule has 7 nitrogen and oxygen atoms in total. The summed E-state index contributed by atoms with van der Waals surface area (Å²) in [4.78, 5) is 0. The largest absolute Gasteiger partial charge is 0.647 e. The first-order valence-electron chi connectivity index (χ1n) is 8.75. The van der Waals surface area contributed by atoms with Crippen molar-refractivity contribution in [3.63, 3.8) is 0 Å². The third-order valence-corrected chi connectivity index (χ3v) is 5.66. The zero-order valence-electron chi connectivity index (χ0n) is 16.1. The Bertz CT molecular complexity index is 958. The second-order valence-electron chi connectivity index (χ2n) is 6.42. The van der Waals surface area contributed by atoms with E-state index in [1.165, 1.54) is 54.6 Å². The number of hydrogen-bond donors (Lipinski definition) is 3. The van der Waals surface area contributed by atoms with Crippen LogP contribution in [0.25, 0.3) is 0 Å². The molecule has 3 N–H and O–H groups in total. The van der Waals surface area contributed by atoms with Crippen LogP contribution in [0.2, 0.25) is 0 Å². The van der Waals surface area contributed by atoms with E-state index < -0.39 is 7.82 Å². The van der Waals surface area contributed by atoms with Gasteiger partial charge in [0.15, 0.2) is 0 Å². The van der Waals surface area contributed by atoms with Crippen LogP contribution in [0.4, 0.5) is 0 Å². The van der Waals surface area contributed by atoms with Crippen molar-refractivity contribution in [1.29, 1.82) is 0 Å². The fourth-order valence-corrected chi connectivity index (χ4v) is 3.95. The van der Waals surface area contributed by atoms with Crippen LogP contribution in [0.15, 0.2) is 54.6 Å². The zero-order chi connectivity index (χ0) is 21.2. The molecule has 0 unspecified atom stereocenters. The third kappa shape index (κ3) is 4.41. The number of benzene rings is 3. The molecule has 0 spiro atoms. The number of phenolic OH excluding ortho intramolecular Hbond substituents is 3. The molecular formula is C21H21O7P. The lowest BCUT2D eigenvalue weighted by Crippen LogP contribution is -2.09. The molecule has 0 aromatic heterocycles. The van der Waals surface area contributed by atoms with Crippen molar-refractivity contribution in [3.05, 3.63) is 71.3 Å². The van der Waals surface area contributed by atoms with Gasteiger partial charge in [0.25, 0.3) is 0 Å². The molecule has 152 valence electrons. The standard InChI is InChI=1S/C21H21O7P/c1-13-16(22)7-4-10-19(13)26-29(25,27-20-11-5-8-17(23)14(20)2)28-21-12-6-9-18(24)15(21)3/h4-12,22-24H,1-3H3.